The number of halogens is 2. The van der Waals surface area contributed by atoms with E-state index in [1.165, 1.54) is 5.39 Å². The van der Waals surface area contributed by atoms with Crippen LogP contribution in [0.3, 0.4) is 0 Å². The Hall–Kier alpha value is -1.51. The van der Waals surface area contributed by atoms with Crippen LogP contribution in [0.5, 0.6) is 11.5 Å². The van der Waals surface area contributed by atoms with Gasteiger partial charge in [-0.3, -0.25) is 0 Å². The molecule has 0 aliphatic carbocycles. The van der Waals surface area contributed by atoms with E-state index in [1.54, 1.807) is 0 Å². The molecule has 20 heavy (non-hydrogen) atoms. The summed E-state index contributed by atoms with van der Waals surface area (Å²) in [6.45, 7) is 0. The summed E-state index contributed by atoms with van der Waals surface area (Å²) in [7, 11) is 0. The summed E-state index contributed by atoms with van der Waals surface area (Å²) in [4.78, 5) is 0. The maximum atomic E-state index is 6.18. The molecule has 0 atom stereocenters. The minimum Gasteiger partial charge on any atom is -0.457 e. The van der Waals surface area contributed by atoms with E-state index in [1.807, 2.05) is 42.5 Å². The minimum absolute atomic E-state index is 0.662. The molecule has 0 radical (unpaired) electrons. The maximum Gasteiger partial charge on any atom is 0.132 e. The molecule has 0 amide bonds. The Morgan fingerprint density at radius 2 is 1.70 bits per heavy atom. The lowest BCUT2D eigenvalue weighted by Gasteiger charge is -2.11. The van der Waals surface area contributed by atoms with E-state index in [0.717, 1.165) is 22.4 Å². The molecule has 0 spiro atoms. The molecule has 3 aromatic carbocycles. The molecule has 0 bridgehead atoms. The Bertz CT molecular complexity index is 755. The van der Waals surface area contributed by atoms with Gasteiger partial charge < -0.3 is 4.74 Å². The van der Waals surface area contributed by atoms with Crippen molar-refractivity contribution in [1.29, 1.82) is 0 Å². The molecule has 3 heteroatoms. The van der Waals surface area contributed by atoms with Crippen LogP contribution in [0.4, 0.5) is 0 Å². The summed E-state index contributed by atoms with van der Waals surface area (Å²) < 4.78 is 5.97. The van der Waals surface area contributed by atoms with Crippen molar-refractivity contribution < 1.29 is 4.74 Å². The third-order valence-corrected chi connectivity index (χ3v) is 4.07. The number of hydrogen-bond acceptors (Lipinski definition) is 1. The molecule has 0 aliphatic heterocycles. The Kier molecular flexibility index (Phi) is 3.95. The van der Waals surface area contributed by atoms with Crippen LogP contribution >= 0.6 is 27.5 Å². The van der Waals surface area contributed by atoms with Crippen molar-refractivity contribution in [2.75, 3.05) is 0 Å². The second kappa shape index (κ2) is 5.86. The van der Waals surface area contributed by atoms with Crippen molar-refractivity contribution in [3.8, 4) is 11.5 Å². The van der Waals surface area contributed by atoms with E-state index >= 15 is 0 Å². The van der Waals surface area contributed by atoms with Crippen molar-refractivity contribution in [2.24, 2.45) is 0 Å². The first kappa shape index (κ1) is 13.5. The summed E-state index contributed by atoms with van der Waals surface area (Å²) in [6.07, 6.45) is 0. The van der Waals surface area contributed by atoms with Crippen molar-refractivity contribution in [3.63, 3.8) is 0 Å². The van der Waals surface area contributed by atoms with Crippen LogP contribution < -0.4 is 4.74 Å². The number of hydrogen-bond donors (Lipinski definition) is 0. The largest absolute Gasteiger partial charge is 0.457 e. The van der Waals surface area contributed by atoms with Gasteiger partial charge in [-0.25, -0.2) is 0 Å². The first-order chi connectivity index (χ1) is 9.78. The zero-order chi connectivity index (χ0) is 13.9. The summed E-state index contributed by atoms with van der Waals surface area (Å²) in [5.41, 5.74) is 0.960. The highest BCUT2D eigenvalue weighted by atomic mass is 79.9. The summed E-state index contributed by atoms with van der Waals surface area (Å²) >= 11 is 9.63. The smallest absolute Gasteiger partial charge is 0.132 e. The van der Waals surface area contributed by atoms with E-state index in [-0.39, 0.29) is 0 Å². The number of fused-ring (bicyclic) bond motifs is 1. The molecule has 3 rings (SSSR count). The van der Waals surface area contributed by atoms with Gasteiger partial charge in [0.25, 0.3) is 0 Å². The lowest BCUT2D eigenvalue weighted by atomic mass is 10.1. The maximum absolute atomic E-state index is 6.18. The van der Waals surface area contributed by atoms with Gasteiger partial charge in [-0.2, -0.15) is 0 Å². The fourth-order valence-electron chi connectivity index (χ4n) is 2.12. The molecule has 0 unspecified atom stereocenters. The lowest BCUT2D eigenvalue weighted by Crippen LogP contribution is -1.90. The molecule has 0 aliphatic rings. The van der Waals surface area contributed by atoms with Crippen LogP contribution in [0.2, 0.25) is 5.02 Å². The highest BCUT2D eigenvalue weighted by Gasteiger charge is 2.08. The fraction of sp³-hybridized carbons (Fsp3) is 0.0588. The zero-order valence-corrected chi connectivity index (χ0v) is 13.0. The molecular weight excluding hydrogens is 336 g/mol. The highest BCUT2D eigenvalue weighted by Crippen LogP contribution is 2.33. The number of benzene rings is 3. The average Bonchev–Trinajstić information content (AvgIpc) is 2.47. The quantitative estimate of drug-likeness (QED) is 0.514. The Morgan fingerprint density at radius 3 is 2.50 bits per heavy atom. The van der Waals surface area contributed by atoms with Gasteiger partial charge in [-0.05, 0) is 35.0 Å². The van der Waals surface area contributed by atoms with Crippen molar-refractivity contribution in [1.82, 2.24) is 0 Å². The third-order valence-electron chi connectivity index (χ3n) is 3.16. The predicted molar refractivity (Wildman–Crippen MR) is 88.1 cm³/mol. The molecule has 1 nitrogen and oxygen atoms in total. The first-order valence-corrected chi connectivity index (χ1v) is 7.78. The van der Waals surface area contributed by atoms with Gasteiger partial charge in [0.1, 0.15) is 11.5 Å². The highest BCUT2D eigenvalue weighted by molar-refractivity contribution is 9.08. The Labute approximate surface area is 131 Å². The predicted octanol–water partition coefficient (Wildman–Crippen LogP) is 6.18. The number of rotatable bonds is 3. The van der Waals surface area contributed by atoms with Crippen LogP contribution in [0, 0.1) is 0 Å². The Balaban J connectivity index is 1.99. The van der Waals surface area contributed by atoms with Gasteiger partial charge in [0.15, 0.2) is 0 Å². The average molecular weight is 348 g/mol. The fourth-order valence-corrected chi connectivity index (χ4v) is 3.09. The van der Waals surface area contributed by atoms with Gasteiger partial charge in [0, 0.05) is 15.9 Å². The molecule has 0 saturated carbocycles. The molecule has 0 N–H and O–H groups in total. The van der Waals surface area contributed by atoms with Gasteiger partial charge in [-0.1, -0.05) is 63.9 Å². The second-order valence-corrected chi connectivity index (χ2v) is 5.43. The number of ether oxygens (including phenoxy) is 1. The van der Waals surface area contributed by atoms with E-state index in [2.05, 4.69) is 34.1 Å². The summed E-state index contributed by atoms with van der Waals surface area (Å²) in [5.74, 6) is 1.60. The van der Waals surface area contributed by atoms with Crippen molar-refractivity contribution >= 4 is 38.3 Å². The Morgan fingerprint density at radius 1 is 0.900 bits per heavy atom. The van der Waals surface area contributed by atoms with E-state index in [0.29, 0.717) is 10.4 Å². The molecular formula is C17H12BrClO. The van der Waals surface area contributed by atoms with E-state index in [9.17, 15) is 0 Å². The molecule has 100 valence electrons. The van der Waals surface area contributed by atoms with Crippen LogP contribution in [0.1, 0.15) is 5.56 Å². The summed E-state index contributed by atoms with van der Waals surface area (Å²) in [6, 6.07) is 20.0. The van der Waals surface area contributed by atoms with Crippen LogP contribution in [0.25, 0.3) is 10.8 Å². The minimum atomic E-state index is 0.662. The number of alkyl halides is 1. The van der Waals surface area contributed by atoms with Crippen molar-refractivity contribution in [3.05, 3.63) is 71.2 Å². The molecule has 0 heterocycles. The normalized spacial score (nSPS) is 10.7. The molecule has 3 aromatic rings. The van der Waals surface area contributed by atoms with Gasteiger partial charge in [-0.15, -0.1) is 0 Å². The van der Waals surface area contributed by atoms with Gasteiger partial charge in [0.2, 0.25) is 0 Å². The van der Waals surface area contributed by atoms with Crippen LogP contribution in [-0.4, -0.2) is 0 Å². The standard InChI is InChI=1S/C17H12BrClO/c18-11-15-16(19)6-3-7-17(15)20-14-9-8-12-4-1-2-5-13(12)10-14/h1-10H,11H2. The monoisotopic (exact) mass is 346 g/mol. The molecule has 0 saturated heterocycles. The van der Waals surface area contributed by atoms with Gasteiger partial charge >= 0.3 is 0 Å². The SMILES string of the molecule is Clc1cccc(Oc2ccc3ccccc3c2)c1CBr. The second-order valence-electron chi connectivity index (χ2n) is 4.46. The molecule has 0 fully saturated rings. The molecule has 0 aromatic heterocycles. The van der Waals surface area contributed by atoms with Crippen LogP contribution in [0.15, 0.2) is 60.7 Å². The van der Waals surface area contributed by atoms with E-state index in [4.69, 9.17) is 16.3 Å². The topological polar surface area (TPSA) is 9.23 Å². The van der Waals surface area contributed by atoms with E-state index < -0.39 is 0 Å². The van der Waals surface area contributed by atoms with Crippen molar-refractivity contribution in [2.45, 2.75) is 5.33 Å². The zero-order valence-electron chi connectivity index (χ0n) is 10.6. The summed E-state index contributed by atoms with van der Waals surface area (Å²) in [5, 5.41) is 3.73. The third kappa shape index (κ3) is 2.67. The lowest BCUT2D eigenvalue weighted by molar-refractivity contribution is 0.479. The first-order valence-electron chi connectivity index (χ1n) is 6.28. The van der Waals surface area contributed by atoms with Gasteiger partial charge in [0.05, 0.1) is 0 Å². The van der Waals surface area contributed by atoms with Crippen LogP contribution in [-0.2, 0) is 5.33 Å².